The van der Waals surface area contributed by atoms with E-state index in [4.69, 9.17) is 0 Å². The zero-order chi connectivity index (χ0) is 37.0. The molecule has 0 unspecified atom stereocenters. The van der Waals surface area contributed by atoms with Gasteiger partial charge in [0.25, 0.3) is 0 Å². The van der Waals surface area contributed by atoms with Crippen LogP contribution < -0.4 is 4.90 Å². The first-order valence-corrected chi connectivity index (χ1v) is 19.3. The first kappa shape index (κ1) is 32.0. The summed E-state index contributed by atoms with van der Waals surface area (Å²) < 4.78 is 2.40. The normalized spacial score (nSPS) is 11.6. The molecule has 56 heavy (non-hydrogen) atoms. The molecule has 0 atom stereocenters. The van der Waals surface area contributed by atoms with Gasteiger partial charge in [-0.05, 0) is 109 Å². The summed E-state index contributed by atoms with van der Waals surface area (Å²) in [6, 6.07) is 79.5. The van der Waals surface area contributed by atoms with Gasteiger partial charge in [-0.1, -0.05) is 164 Å². The van der Waals surface area contributed by atoms with E-state index in [0.29, 0.717) is 0 Å². The summed E-state index contributed by atoms with van der Waals surface area (Å²) in [6.45, 7) is 0. The molecule has 10 aromatic carbocycles. The number of fused-ring (bicyclic) bond motifs is 7. The second-order valence-electron chi connectivity index (χ2n) is 14.5. The van der Waals surface area contributed by atoms with Gasteiger partial charge >= 0.3 is 0 Å². The van der Waals surface area contributed by atoms with Gasteiger partial charge in [0.05, 0.1) is 11.0 Å². The van der Waals surface area contributed by atoms with Crippen molar-refractivity contribution in [3.63, 3.8) is 0 Å². The summed E-state index contributed by atoms with van der Waals surface area (Å²) in [5, 5.41) is 10.1. The van der Waals surface area contributed by atoms with Crippen molar-refractivity contribution in [3.05, 3.63) is 218 Å². The highest BCUT2D eigenvalue weighted by atomic mass is 15.1. The molecule has 0 aliphatic carbocycles. The molecule has 0 N–H and O–H groups in total. The van der Waals surface area contributed by atoms with Gasteiger partial charge in [0.1, 0.15) is 0 Å². The molecule has 11 aromatic rings. The predicted octanol–water partition coefficient (Wildman–Crippen LogP) is 15.0. The Morgan fingerprint density at radius 2 is 0.821 bits per heavy atom. The zero-order valence-corrected chi connectivity index (χ0v) is 30.7. The second kappa shape index (κ2) is 13.2. The molecule has 0 spiro atoms. The van der Waals surface area contributed by atoms with Gasteiger partial charge in [-0.15, -0.1) is 0 Å². The quantitative estimate of drug-likeness (QED) is 0.156. The van der Waals surface area contributed by atoms with Gasteiger partial charge in [0.15, 0.2) is 0 Å². The molecule has 1 heterocycles. The molecule has 0 aliphatic heterocycles. The van der Waals surface area contributed by atoms with Gasteiger partial charge in [-0.25, -0.2) is 0 Å². The smallest absolute Gasteiger partial charge is 0.0541 e. The van der Waals surface area contributed by atoms with E-state index in [1.807, 2.05) is 0 Å². The molecule has 11 rings (SSSR count). The molecule has 0 radical (unpaired) electrons. The number of hydrogen-bond acceptors (Lipinski definition) is 1. The van der Waals surface area contributed by atoms with Gasteiger partial charge in [0, 0.05) is 33.5 Å². The van der Waals surface area contributed by atoms with Crippen LogP contribution in [0.4, 0.5) is 17.1 Å². The number of hydrogen-bond donors (Lipinski definition) is 0. The molecule has 262 valence electrons. The molecular formula is C54H36N2. The highest BCUT2D eigenvalue weighted by molar-refractivity contribution is 6.12. The van der Waals surface area contributed by atoms with E-state index in [1.54, 1.807) is 0 Å². The third kappa shape index (κ3) is 5.26. The fourth-order valence-corrected chi connectivity index (χ4v) is 8.79. The SMILES string of the molecule is c1cc(-c2cccc3ccccc23)cc(N(c2ccc(-c3cccc4c3ccc3ccccc34)cc2)c2cccc(-n3c4ccccc4c4ccccc43)c2)c1. The van der Waals surface area contributed by atoms with Crippen molar-refractivity contribution >= 4 is 71.2 Å². The Labute approximate surface area is 325 Å². The Balaban J connectivity index is 1.08. The van der Waals surface area contributed by atoms with Crippen molar-refractivity contribution in [3.8, 4) is 27.9 Å². The summed E-state index contributed by atoms with van der Waals surface area (Å²) >= 11 is 0. The van der Waals surface area contributed by atoms with Gasteiger partial charge in [-0.3, -0.25) is 0 Å². The minimum Gasteiger partial charge on any atom is -0.310 e. The lowest BCUT2D eigenvalue weighted by Crippen LogP contribution is -2.10. The van der Waals surface area contributed by atoms with Crippen molar-refractivity contribution in [2.75, 3.05) is 4.90 Å². The summed E-state index contributed by atoms with van der Waals surface area (Å²) in [4.78, 5) is 2.40. The van der Waals surface area contributed by atoms with Crippen LogP contribution in [0.2, 0.25) is 0 Å². The molecule has 1 aromatic heterocycles. The fraction of sp³-hybridized carbons (Fsp3) is 0. The highest BCUT2D eigenvalue weighted by Gasteiger charge is 2.18. The van der Waals surface area contributed by atoms with Crippen molar-refractivity contribution in [2.24, 2.45) is 0 Å². The van der Waals surface area contributed by atoms with E-state index in [0.717, 1.165) is 22.7 Å². The monoisotopic (exact) mass is 712 g/mol. The Bertz CT molecular complexity index is 3200. The number of rotatable bonds is 6. The molecule has 2 heteroatoms. The number of aromatic nitrogens is 1. The van der Waals surface area contributed by atoms with Crippen LogP contribution in [0.25, 0.3) is 82.1 Å². The van der Waals surface area contributed by atoms with Crippen LogP contribution in [-0.4, -0.2) is 4.57 Å². The molecule has 0 aliphatic rings. The minimum absolute atomic E-state index is 1.09. The van der Waals surface area contributed by atoms with Crippen LogP contribution in [0.5, 0.6) is 0 Å². The van der Waals surface area contributed by atoms with Gasteiger partial charge < -0.3 is 9.47 Å². The largest absolute Gasteiger partial charge is 0.310 e. The van der Waals surface area contributed by atoms with Crippen LogP contribution in [0, 0.1) is 0 Å². The topological polar surface area (TPSA) is 8.17 Å². The van der Waals surface area contributed by atoms with E-state index in [1.165, 1.54) is 76.4 Å². The molecular weight excluding hydrogens is 677 g/mol. The van der Waals surface area contributed by atoms with E-state index >= 15 is 0 Å². The average Bonchev–Trinajstić information content (AvgIpc) is 3.61. The molecule has 0 saturated carbocycles. The number of nitrogens with zero attached hydrogens (tertiary/aromatic N) is 2. The Kier molecular flexibility index (Phi) is 7.53. The molecule has 2 nitrogen and oxygen atoms in total. The van der Waals surface area contributed by atoms with Crippen molar-refractivity contribution in [1.29, 1.82) is 0 Å². The van der Waals surface area contributed by atoms with Crippen LogP contribution >= 0.6 is 0 Å². The number of benzene rings is 10. The van der Waals surface area contributed by atoms with Crippen molar-refractivity contribution in [1.82, 2.24) is 4.57 Å². The Morgan fingerprint density at radius 1 is 0.286 bits per heavy atom. The fourth-order valence-electron chi connectivity index (χ4n) is 8.79. The van der Waals surface area contributed by atoms with E-state index in [9.17, 15) is 0 Å². The highest BCUT2D eigenvalue weighted by Crippen LogP contribution is 2.41. The van der Waals surface area contributed by atoms with E-state index < -0.39 is 0 Å². The first-order valence-electron chi connectivity index (χ1n) is 19.3. The van der Waals surface area contributed by atoms with Crippen LogP contribution in [-0.2, 0) is 0 Å². The Morgan fingerprint density at radius 3 is 1.57 bits per heavy atom. The van der Waals surface area contributed by atoms with E-state index in [2.05, 4.69) is 228 Å². The lowest BCUT2D eigenvalue weighted by atomic mass is 9.94. The maximum atomic E-state index is 2.40. The predicted molar refractivity (Wildman–Crippen MR) is 239 cm³/mol. The first-order chi connectivity index (χ1) is 27.8. The van der Waals surface area contributed by atoms with Crippen LogP contribution in [0.3, 0.4) is 0 Å². The molecule has 0 fully saturated rings. The molecule has 0 amide bonds. The third-order valence-electron chi connectivity index (χ3n) is 11.4. The van der Waals surface area contributed by atoms with E-state index in [-0.39, 0.29) is 0 Å². The lowest BCUT2D eigenvalue weighted by Gasteiger charge is -2.27. The Hall–Kier alpha value is -7.42. The third-order valence-corrected chi connectivity index (χ3v) is 11.4. The standard InChI is InChI=1S/C54H36N2/c1-3-20-45-37(13-1)15-10-24-48(45)40-16-9-17-42(35-40)55(43-18-11-19-44(36-43)56-53-27-7-5-22-51(53)52-23-6-8-28-54(52)56)41-32-29-39(30-33-41)47-25-12-26-49-46-21-4-2-14-38(46)31-34-50(47)49/h1-36H. The minimum atomic E-state index is 1.09. The van der Waals surface area contributed by atoms with Crippen LogP contribution in [0.15, 0.2) is 218 Å². The maximum Gasteiger partial charge on any atom is 0.0541 e. The summed E-state index contributed by atoms with van der Waals surface area (Å²) in [7, 11) is 0. The number of para-hydroxylation sites is 2. The second-order valence-corrected chi connectivity index (χ2v) is 14.5. The zero-order valence-electron chi connectivity index (χ0n) is 30.7. The molecule has 0 saturated heterocycles. The summed E-state index contributed by atoms with van der Waals surface area (Å²) in [5.41, 5.74) is 11.6. The number of anilines is 3. The average molecular weight is 713 g/mol. The maximum absolute atomic E-state index is 2.40. The van der Waals surface area contributed by atoms with Gasteiger partial charge in [0.2, 0.25) is 0 Å². The molecule has 0 bridgehead atoms. The van der Waals surface area contributed by atoms with Crippen molar-refractivity contribution in [2.45, 2.75) is 0 Å². The van der Waals surface area contributed by atoms with Crippen LogP contribution in [0.1, 0.15) is 0 Å². The van der Waals surface area contributed by atoms with Gasteiger partial charge in [-0.2, -0.15) is 0 Å². The van der Waals surface area contributed by atoms with Crippen molar-refractivity contribution < 1.29 is 0 Å². The summed E-state index contributed by atoms with van der Waals surface area (Å²) in [5.74, 6) is 0. The lowest BCUT2D eigenvalue weighted by molar-refractivity contribution is 1.17. The summed E-state index contributed by atoms with van der Waals surface area (Å²) in [6.07, 6.45) is 0.